The van der Waals surface area contributed by atoms with Crippen LogP contribution >= 0.6 is 11.6 Å². The molecule has 1 rings (SSSR count). The molecule has 0 saturated carbocycles. The van der Waals surface area contributed by atoms with Crippen molar-refractivity contribution in [3.63, 3.8) is 0 Å². The lowest BCUT2D eigenvalue weighted by molar-refractivity contribution is -0.333. The van der Waals surface area contributed by atoms with Crippen molar-refractivity contribution in [2.24, 2.45) is 0 Å². The number of benzene rings is 1. The molecule has 5 nitrogen and oxygen atoms in total. The van der Waals surface area contributed by atoms with E-state index < -0.39 is 7.12 Å². The van der Waals surface area contributed by atoms with Gasteiger partial charge in [0.25, 0.3) is 0 Å². The van der Waals surface area contributed by atoms with E-state index in [9.17, 15) is 0 Å². The zero-order chi connectivity index (χ0) is 13.4. The molecule has 1 aromatic carbocycles. The van der Waals surface area contributed by atoms with Gasteiger partial charge in [0.2, 0.25) is 0 Å². The van der Waals surface area contributed by atoms with Crippen LogP contribution in [0.5, 0.6) is 0 Å². The van der Waals surface area contributed by atoms with Gasteiger partial charge in [0, 0.05) is 17.5 Å². The second-order valence-corrected chi connectivity index (χ2v) is 3.73. The second-order valence-electron chi connectivity index (χ2n) is 3.33. The highest BCUT2D eigenvalue weighted by Crippen LogP contribution is 2.14. The average Bonchev–Trinajstić information content (AvgIpc) is 2.35. The fraction of sp³-hybridized carbons (Fsp3) is 0.273. The molecule has 0 saturated heterocycles. The van der Waals surface area contributed by atoms with Gasteiger partial charge in [0.1, 0.15) is 6.61 Å². The van der Waals surface area contributed by atoms with Crippen LogP contribution < -0.4 is 10.9 Å². The highest BCUT2D eigenvalue weighted by Gasteiger charge is 2.12. The van der Waals surface area contributed by atoms with Crippen LogP contribution in [0.2, 0.25) is 5.02 Å². The lowest BCUT2D eigenvalue weighted by Crippen LogP contribution is -2.30. The van der Waals surface area contributed by atoms with Crippen LogP contribution in [0, 0.1) is 12.0 Å². The third kappa shape index (κ3) is 4.96. The summed E-state index contributed by atoms with van der Waals surface area (Å²) in [4.78, 5) is 9.41. The van der Waals surface area contributed by atoms with Gasteiger partial charge in [-0.1, -0.05) is 36.6 Å². The molecule has 0 aromatic heterocycles. The molecule has 1 aromatic rings. The highest BCUT2D eigenvalue weighted by atomic mass is 35.5. The van der Waals surface area contributed by atoms with Crippen molar-refractivity contribution >= 4 is 24.2 Å². The fourth-order valence-corrected chi connectivity index (χ4v) is 1.31. The average molecular weight is 269 g/mol. The summed E-state index contributed by atoms with van der Waals surface area (Å²) in [6.45, 7) is 1.96. The van der Waals surface area contributed by atoms with Crippen molar-refractivity contribution in [2.45, 2.75) is 20.0 Å². The highest BCUT2D eigenvalue weighted by molar-refractivity contribution is 6.58. The smallest absolute Gasteiger partial charge is 0.423 e. The van der Waals surface area contributed by atoms with Crippen LogP contribution in [0.1, 0.15) is 18.9 Å². The topological polar surface area (TPSA) is 71.0 Å². The first-order valence-corrected chi connectivity index (χ1v) is 5.68. The molecule has 0 aliphatic heterocycles. The van der Waals surface area contributed by atoms with E-state index in [2.05, 4.69) is 22.4 Å². The summed E-state index contributed by atoms with van der Waals surface area (Å²) in [5, 5.41) is 18.5. The van der Waals surface area contributed by atoms with Crippen LogP contribution in [-0.2, 0) is 16.5 Å². The summed E-state index contributed by atoms with van der Waals surface area (Å²) < 4.78 is 0. The predicted octanol–water partition coefficient (Wildman–Crippen LogP) is 0.344. The van der Waals surface area contributed by atoms with E-state index in [1.54, 1.807) is 6.07 Å². The maximum Gasteiger partial charge on any atom is 0.488 e. The first-order valence-electron chi connectivity index (χ1n) is 5.31. The molecule has 0 radical (unpaired) electrons. The summed E-state index contributed by atoms with van der Waals surface area (Å²) >= 11 is 5.92. The molecular formula is C11H13BClNO4. The van der Waals surface area contributed by atoms with Crippen molar-refractivity contribution in [3.8, 4) is 12.0 Å². The van der Waals surface area contributed by atoms with Gasteiger partial charge in [0.05, 0.1) is 0 Å². The van der Waals surface area contributed by atoms with Crippen LogP contribution in [-0.4, -0.2) is 17.2 Å². The molecular weight excluding hydrogens is 256 g/mol. The maximum atomic E-state index is 9.02. The Morgan fingerprint density at radius 3 is 2.89 bits per heavy atom. The third-order valence-corrected chi connectivity index (χ3v) is 2.37. The first kappa shape index (κ1) is 14.8. The Hall–Kier alpha value is -1.23. The lowest BCUT2D eigenvalue weighted by Gasteiger charge is -2.06. The van der Waals surface area contributed by atoms with E-state index in [-0.39, 0.29) is 6.61 Å². The van der Waals surface area contributed by atoms with Gasteiger partial charge in [0.15, 0.2) is 0 Å². The van der Waals surface area contributed by atoms with Crippen LogP contribution in [0.15, 0.2) is 18.2 Å². The van der Waals surface area contributed by atoms with E-state index in [0.717, 1.165) is 0 Å². The summed E-state index contributed by atoms with van der Waals surface area (Å²) in [5.41, 5.74) is 3.19. The van der Waals surface area contributed by atoms with E-state index in [1.165, 1.54) is 12.1 Å². The van der Waals surface area contributed by atoms with Gasteiger partial charge >= 0.3 is 7.12 Å². The Morgan fingerprint density at radius 1 is 1.44 bits per heavy atom. The second kappa shape index (κ2) is 7.98. The monoisotopic (exact) mass is 269 g/mol. The molecule has 0 bridgehead atoms. The van der Waals surface area contributed by atoms with Crippen molar-refractivity contribution in [2.75, 3.05) is 0 Å². The molecule has 0 spiro atoms. The molecule has 0 atom stereocenters. The summed E-state index contributed by atoms with van der Waals surface area (Å²) in [6, 6.07) is 7.10. The summed E-state index contributed by atoms with van der Waals surface area (Å²) in [6.07, 6.45) is 0.707. The molecule has 0 aliphatic carbocycles. The normalized spacial score (nSPS) is 9.56. The van der Waals surface area contributed by atoms with Crippen molar-refractivity contribution in [3.05, 3.63) is 28.8 Å². The SMILES string of the molecule is CCC#CNOOCc1cc(B(O)O)ccc1Cl. The number of hydroxylamine groups is 1. The molecule has 0 fully saturated rings. The quantitative estimate of drug-likeness (QED) is 0.180. The van der Waals surface area contributed by atoms with E-state index in [1.807, 2.05) is 6.92 Å². The fourth-order valence-electron chi connectivity index (χ4n) is 1.13. The van der Waals surface area contributed by atoms with Crippen molar-refractivity contribution in [1.29, 1.82) is 0 Å². The Kier molecular flexibility index (Phi) is 6.58. The number of hydrogen-bond acceptors (Lipinski definition) is 5. The van der Waals surface area contributed by atoms with Crippen molar-refractivity contribution < 1.29 is 19.9 Å². The summed E-state index contributed by atoms with van der Waals surface area (Å²) in [5.74, 6) is 2.72. The molecule has 7 heteroatoms. The minimum atomic E-state index is -1.55. The van der Waals surface area contributed by atoms with Crippen molar-refractivity contribution in [1.82, 2.24) is 5.48 Å². The minimum absolute atomic E-state index is 0.0558. The van der Waals surface area contributed by atoms with Gasteiger partial charge in [-0.2, -0.15) is 5.48 Å². The van der Waals surface area contributed by atoms with Gasteiger partial charge in [-0.25, -0.2) is 4.89 Å². The molecule has 0 aliphatic rings. The van der Waals surface area contributed by atoms with Crippen LogP contribution in [0.4, 0.5) is 0 Å². The Morgan fingerprint density at radius 2 is 2.22 bits per heavy atom. The van der Waals surface area contributed by atoms with Gasteiger partial charge in [-0.15, -0.1) is 4.99 Å². The molecule has 0 amide bonds. The van der Waals surface area contributed by atoms with Gasteiger partial charge in [-0.05, 0) is 17.1 Å². The standard InChI is InChI=1S/C11H13BClNO4/c1-2-3-6-14-18-17-8-9-7-10(12(15)16)4-5-11(9)13/h4-5,7,14-16H,2,8H2,1H3. The third-order valence-electron chi connectivity index (χ3n) is 2.00. The zero-order valence-corrected chi connectivity index (χ0v) is 10.6. The Bertz CT molecular complexity index is 444. The van der Waals surface area contributed by atoms with Gasteiger partial charge < -0.3 is 10.0 Å². The van der Waals surface area contributed by atoms with E-state index in [4.69, 9.17) is 26.5 Å². The molecule has 0 unspecified atom stereocenters. The molecule has 3 N–H and O–H groups in total. The van der Waals surface area contributed by atoms with Crippen LogP contribution in [0.3, 0.4) is 0 Å². The van der Waals surface area contributed by atoms with E-state index in [0.29, 0.717) is 22.5 Å². The Balaban J connectivity index is 2.48. The number of nitrogens with one attached hydrogen (secondary N) is 1. The number of hydrogen-bond donors (Lipinski definition) is 3. The predicted molar refractivity (Wildman–Crippen MR) is 68.4 cm³/mol. The Labute approximate surface area is 111 Å². The molecule has 18 heavy (non-hydrogen) atoms. The van der Waals surface area contributed by atoms with E-state index >= 15 is 0 Å². The zero-order valence-electron chi connectivity index (χ0n) is 9.81. The number of halogens is 1. The maximum absolute atomic E-state index is 9.02. The van der Waals surface area contributed by atoms with Crippen LogP contribution in [0.25, 0.3) is 0 Å². The van der Waals surface area contributed by atoms with Gasteiger partial charge in [-0.3, -0.25) is 0 Å². The lowest BCUT2D eigenvalue weighted by atomic mass is 9.80. The largest absolute Gasteiger partial charge is 0.488 e. The first-order chi connectivity index (χ1) is 8.65. The summed E-state index contributed by atoms with van der Waals surface area (Å²) in [7, 11) is -1.55. The minimum Gasteiger partial charge on any atom is -0.423 e. The molecule has 0 heterocycles. The number of rotatable bonds is 5. The molecule has 96 valence electrons.